The summed E-state index contributed by atoms with van der Waals surface area (Å²) in [5.41, 5.74) is 0.256. The Morgan fingerprint density at radius 3 is 2.77 bits per heavy atom. The zero-order valence-corrected chi connectivity index (χ0v) is 21.9. The second kappa shape index (κ2) is 9.52. The van der Waals surface area contributed by atoms with Crippen molar-refractivity contribution in [1.29, 1.82) is 0 Å². The predicted octanol–water partition coefficient (Wildman–Crippen LogP) is 6.45. The molecule has 0 saturated heterocycles. The molecule has 1 aromatic rings. The fraction of sp³-hybridized carbons (Fsp3) is 0.586. The molecule has 0 bridgehead atoms. The molecular formula is C29H33ClO4S. The Kier molecular flexibility index (Phi) is 6.74. The van der Waals surface area contributed by atoms with E-state index in [0.29, 0.717) is 47.3 Å². The lowest BCUT2D eigenvalue weighted by atomic mass is 9.49. The van der Waals surface area contributed by atoms with Gasteiger partial charge in [-0.1, -0.05) is 30.0 Å². The van der Waals surface area contributed by atoms with Crippen LogP contribution in [0.4, 0.5) is 0 Å². The molecule has 0 spiro atoms. The number of ether oxygens (including phenoxy) is 2. The number of hydrogen-bond acceptors (Lipinski definition) is 5. The van der Waals surface area contributed by atoms with E-state index in [1.807, 2.05) is 6.08 Å². The molecule has 3 fully saturated rings. The second-order valence-electron chi connectivity index (χ2n) is 10.7. The standard InChI is InChI=1S/C29H33ClO4S/c1-3-28-13-11-22-21-9-6-19(31)15-18(21)5-8-23(22)24(28)12-14-29(28,4-2)34-27(32)17-33-26-10-7-20(35)16-25(26)30/h2,7,10,15-16,21-24,35H,3,5-6,8-9,11-14,17H2,1H3/t21?,22?,23?,24?,28?,29-/m0/s1. The normalized spacial score (nSPS) is 35.7. The number of terminal acetylenes is 1. The highest BCUT2D eigenvalue weighted by Gasteiger charge is 2.65. The van der Waals surface area contributed by atoms with Gasteiger partial charge in [-0.15, -0.1) is 19.1 Å². The van der Waals surface area contributed by atoms with Crippen LogP contribution in [0.2, 0.25) is 5.02 Å². The van der Waals surface area contributed by atoms with E-state index >= 15 is 0 Å². The number of carbonyl (C=O) groups excluding carboxylic acids is 2. The Labute approximate surface area is 218 Å². The number of allylic oxidation sites excluding steroid dienone is 1. The Balaban J connectivity index is 1.34. The molecule has 0 heterocycles. The molecule has 6 heteroatoms. The number of halogens is 1. The van der Waals surface area contributed by atoms with Crippen LogP contribution in [0.25, 0.3) is 0 Å². The molecule has 1 aromatic carbocycles. The molecule has 4 nitrogen and oxygen atoms in total. The van der Waals surface area contributed by atoms with Crippen molar-refractivity contribution in [3.05, 3.63) is 34.9 Å². The fourth-order valence-electron chi connectivity index (χ4n) is 8.09. The molecule has 0 amide bonds. The third-order valence-corrected chi connectivity index (χ3v) is 10.1. The molecule has 4 aliphatic rings. The van der Waals surface area contributed by atoms with Gasteiger partial charge in [0.05, 0.1) is 5.02 Å². The van der Waals surface area contributed by atoms with Crippen LogP contribution in [-0.2, 0) is 14.3 Å². The van der Waals surface area contributed by atoms with E-state index in [1.54, 1.807) is 18.2 Å². The summed E-state index contributed by atoms with van der Waals surface area (Å²) in [7, 11) is 0. The van der Waals surface area contributed by atoms with E-state index in [9.17, 15) is 9.59 Å². The van der Waals surface area contributed by atoms with Gasteiger partial charge in [0.1, 0.15) is 5.75 Å². The molecule has 4 aliphatic carbocycles. The number of benzene rings is 1. The number of fused-ring (bicyclic) bond motifs is 5. The van der Waals surface area contributed by atoms with Gasteiger partial charge >= 0.3 is 5.97 Å². The van der Waals surface area contributed by atoms with E-state index in [1.165, 1.54) is 5.57 Å². The Morgan fingerprint density at radius 1 is 1.20 bits per heavy atom. The van der Waals surface area contributed by atoms with Gasteiger partial charge in [-0.05, 0) is 99.3 Å². The summed E-state index contributed by atoms with van der Waals surface area (Å²) < 4.78 is 11.9. The van der Waals surface area contributed by atoms with E-state index < -0.39 is 11.6 Å². The molecule has 0 radical (unpaired) electrons. The van der Waals surface area contributed by atoms with Gasteiger partial charge in [0.2, 0.25) is 0 Å². The maximum atomic E-state index is 13.0. The third-order valence-electron chi connectivity index (χ3n) is 9.53. The first-order valence-electron chi connectivity index (χ1n) is 12.9. The molecule has 35 heavy (non-hydrogen) atoms. The van der Waals surface area contributed by atoms with E-state index in [4.69, 9.17) is 27.5 Å². The maximum absolute atomic E-state index is 13.0. The SMILES string of the molecule is C#C[C@]1(OC(=O)COc2ccc(S)cc2Cl)CCC2C3CCC4=CC(=O)CCC4C3CCC21CC. The summed E-state index contributed by atoms with van der Waals surface area (Å²) in [5.74, 6) is 5.39. The van der Waals surface area contributed by atoms with Crippen LogP contribution in [0.3, 0.4) is 0 Å². The van der Waals surface area contributed by atoms with Gasteiger partial charge < -0.3 is 9.47 Å². The lowest BCUT2D eigenvalue weighted by molar-refractivity contribution is -0.175. The highest BCUT2D eigenvalue weighted by Crippen LogP contribution is 2.67. The van der Waals surface area contributed by atoms with Gasteiger partial charge in [0, 0.05) is 16.7 Å². The number of ketones is 1. The van der Waals surface area contributed by atoms with Crippen LogP contribution in [0, 0.1) is 41.4 Å². The molecule has 0 aliphatic heterocycles. The fourth-order valence-corrected chi connectivity index (χ4v) is 8.60. The zero-order valence-electron chi connectivity index (χ0n) is 20.2. The van der Waals surface area contributed by atoms with Crippen molar-refractivity contribution in [2.45, 2.75) is 75.2 Å². The minimum atomic E-state index is -0.908. The van der Waals surface area contributed by atoms with Gasteiger partial charge in [0.15, 0.2) is 18.0 Å². The number of esters is 1. The number of rotatable bonds is 5. The van der Waals surface area contributed by atoms with Crippen molar-refractivity contribution in [3.8, 4) is 18.1 Å². The second-order valence-corrected chi connectivity index (χ2v) is 11.7. The summed E-state index contributed by atoms with van der Waals surface area (Å²) >= 11 is 10.5. The molecule has 0 aromatic heterocycles. The first-order valence-corrected chi connectivity index (χ1v) is 13.7. The third kappa shape index (κ3) is 4.11. The van der Waals surface area contributed by atoms with Crippen molar-refractivity contribution < 1.29 is 19.1 Å². The Morgan fingerprint density at radius 2 is 2.03 bits per heavy atom. The topological polar surface area (TPSA) is 52.6 Å². The summed E-state index contributed by atoms with van der Waals surface area (Å²) in [5, 5.41) is 0.399. The first-order chi connectivity index (χ1) is 16.8. The van der Waals surface area contributed by atoms with Crippen LogP contribution in [0.15, 0.2) is 34.7 Å². The Hall–Kier alpha value is -1.90. The van der Waals surface area contributed by atoms with Crippen molar-refractivity contribution in [2.75, 3.05) is 6.61 Å². The number of carbonyl (C=O) groups is 2. The van der Waals surface area contributed by atoms with Crippen molar-refractivity contribution in [1.82, 2.24) is 0 Å². The summed E-state index contributed by atoms with van der Waals surface area (Å²) in [6.07, 6.45) is 16.5. The van der Waals surface area contributed by atoms with Gasteiger partial charge in [-0.25, -0.2) is 4.79 Å². The highest BCUT2D eigenvalue weighted by molar-refractivity contribution is 7.80. The van der Waals surface area contributed by atoms with Crippen LogP contribution in [-0.4, -0.2) is 24.0 Å². The molecule has 186 valence electrons. The van der Waals surface area contributed by atoms with Crippen LogP contribution >= 0.6 is 24.2 Å². The quantitative estimate of drug-likeness (QED) is 0.279. The lowest BCUT2D eigenvalue weighted by Gasteiger charge is -2.56. The first kappa shape index (κ1) is 24.8. The molecule has 0 N–H and O–H groups in total. The number of thiol groups is 1. The molecular weight excluding hydrogens is 480 g/mol. The maximum Gasteiger partial charge on any atom is 0.345 e. The minimum Gasteiger partial charge on any atom is -0.480 e. The summed E-state index contributed by atoms with van der Waals surface area (Å²) in [4.78, 5) is 25.7. The van der Waals surface area contributed by atoms with Crippen LogP contribution in [0.5, 0.6) is 5.75 Å². The van der Waals surface area contributed by atoms with Crippen LogP contribution < -0.4 is 4.74 Å². The van der Waals surface area contributed by atoms with Crippen molar-refractivity contribution in [3.63, 3.8) is 0 Å². The van der Waals surface area contributed by atoms with E-state index in [2.05, 4.69) is 25.5 Å². The largest absolute Gasteiger partial charge is 0.480 e. The highest BCUT2D eigenvalue weighted by atomic mass is 35.5. The lowest BCUT2D eigenvalue weighted by Crippen LogP contribution is -2.55. The summed E-state index contributed by atoms with van der Waals surface area (Å²) in [6, 6.07) is 5.13. The Bertz CT molecular complexity index is 1110. The monoisotopic (exact) mass is 512 g/mol. The van der Waals surface area contributed by atoms with Crippen molar-refractivity contribution >= 4 is 36.0 Å². The molecule has 6 atom stereocenters. The number of hydrogen-bond donors (Lipinski definition) is 1. The van der Waals surface area contributed by atoms with Gasteiger partial charge in [0.25, 0.3) is 0 Å². The van der Waals surface area contributed by atoms with E-state index in [-0.39, 0.29) is 17.8 Å². The van der Waals surface area contributed by atoms with Gasteiger partial charge in [-0.3, -0.25) is 4.79 Å². The average Bonchev–Trinajstić information content (AvgIpc) is 3.17. The average molecular weight is 513 g/mol. The van der Waals surface area contributed by atoms with Crippen molar-refractivity contribution in [2.24, 2.45) is 29.1 Å². The molecule has 5 unspecified atom stereocenters. The smallest absolute Gasteiger partial charge is 0.345 e. The van der Waals surface area contributed by atoms with Gasteiger partial charge in [-0.2, -0.15) is 0 Å². The van der Waals surface area contributed by atoms with E-state index in [0.717, 1.165) is 49.8 Å². The summed E-state index contributed by atoms with van der Waals surface area (Å²) in [6.45, 7) is 1.96. The molecule has 5 rings (SSSR count). The zero-order chi connectivity index (χ0) is 24.8. The predicted molar refractivity (Wildman–Crippen MR) is 139 cm³/mol. The minimum absolute atomic E-state index is 0.213. The van der Waals surface area contributed by atoms with Crippen LogP contribution in [0.1, 0.15) is 64.7 Å². The molecule has 3 saturated carbocycles.